The number of anilines is 1. The molecule has 3 aromatic rings. The van der Waals surface area contributed by atoms with E-state index in [0.717, 1.165) is 22.0 Å². The molecule has 0 aliphatic heterocycles. The molecule has 0 aliphatic rings. The van der Waals surface area contributed by atoms with Crippen LogP contribution in [-0.4, -0.2) is 12.5 Å². The minimum absolute atomic E-state index is 0.00969. The Balaban J connectivity index is 1.91. The van der Waals surface area contributed by atoms with Crippen LogP contribution in [0.25, 0.3) is 10.8 Å². The van der Waals surface area contributed by atoms with Gasteiger partial charge in [-0.3, -0.25) is 4.79 Å². The summed E-state index contributed by atoms with van der Waals surface area (Å²) in [6, 6.07) is 20.1. The highest BCUT2D eigenvalue weighted by Crippen LogP contribution is 2.27. The number of hydrogen-bond donors (Lipinski definition) is 0. The Bertz CT molecular complexity index is 821. The van der Waals surface area contributed by atoms with E-state index in [2.05, 4.69) is 0 Å². The molecule has 116 valence electrons. The fraction of sp³-hybridized carbons (Fsp3) is 0.150. The third kappa shape index (κ3) is 3.24. The van der Waals surface area contributed by atoms with E-state index >= 15 is 0 Å². The first-order chi connectivity index (χ1) is 11.2. The van der Waals surface area contributed by atoms with E-state index in [1.807, 2.05) is 49.4 Å². The van der Waals surface area contributed by atoms with Crippen LogP contribution in [0.15, 0.2) is 66.7 Å². The van der Waals surface area contributed by atoms with Gasteiger partial charge in [0.1, 0.15) is 5.82 Å². The van der Waals surface area contributed by atoms with E-state index in [0.29, 0.717) is 6.54 Å². The van der Waals surface area contributed by atoms with Crippen LogP contribution in [0.1, 0.15) is 12.5 Å². The zero-order chi connectivity index (χ0) is 16.2. The van der Waals surface area contributed by atoms with Crippen molar-refractivity contribution in [2.45, 2.75) is 13.3 Å². The number of nitrogens with zero attached hydrogens (tertiary/aromatic N) is 1. The lowest BCUT2D eigenvalue weighted by atomic mass is 10.1. The Labute approximate surface area is 135 Å². The van der Waals surface area contributed by atoms with Gasteiger partial charge in [-0.25, -0.2) is 4.39 Å². The van der Waals surface area contributed by atoms with E-state index < -0.39 is 0 Å². The second-order valence-electron chi connectivity index (χ2n) is 5.44. The number of carbonyl (C=O) groups is 1. The number of halogens is 1. The Morgan fingerprint density at radius 3 is 2.39 bits per heavy atom. The third-order valence-electron chi connectivity index (χ3n) is 3.94. The van der Waals surface area contributed by atoms with Gasteiger partial charge < -0.3 is 4.90 Å². The zero-order valence-electron chi connectivity index (χ0n) is 13.0. The van der Waals surface area contributed by atoms with Crippen molar-refractivity contribution in [3.05, 3.63) is 78.1 Å². The molecule has 0 spiro atoms. The molecule has 0 atom stereocenters. The summed E-state index contributed by atoms with van der Waals surface area (Å²) in [5.74, 6) is -0.280. The molecule has 0 heterocycles. The maximum absolute atomic E-state index is 13.0. The fourth-order valence-electron chi connectivity index (χ4n) is 2.80. The average molecular weight is 307 g/mol. The number of fused-ring (bicyclic) bond motifs is 1. The molecule has 0 aromatic heterocycles. The monoisotopic (exact) mass is 307 g/mol. The minimum atomic E-state index is -0.289. The SMILES string of the molecule is CCN(C(=O)Cc1ccc(F)cc1)c1cccc2ccccc12. The molecule has 0 bridgehead atoms. The molecular formula is C20H18FNO. The number of rotatable bonds is 4. The molecule has 1 amide bonds. The van der Waals surface area contributed by atoms with Crippen molar-refractivity contribution in [1.82, 2.24) is 0 Å². The van der Waals surface area contributed by atoms with Crippen LogP contribution in [-0.2, 0) is 11.2 Å². The van der Waals surface area contributed by atoms with Crippen LogP contribution < -0.4 is 4.90 Å². The highest BCUT2D eigenvalue weighted by Gasteiger charge is 2.16. The quantitative estimate of drug-likeness (QED) is 0.691. The zero-order valence-corrected chi connectivity index (χ0v) is 13.0. The summed E-state index contributed by atoms with van der Waals surface area (Å²) in [6.07, 6.45) is 0.261. The molecular weight excluding hydrogens is 289 g/mol. The van der Waals surface area contributed by atoms with E-state index in [1.165, 1.54) is 12.1 Å². The summed E-state index contributed by atoms with van der Waals surface area (Å²) in [5.41, 5.74) is 1.73. The Hall–Kier alpha value is -2.68. The molecule has 0 unspecified atom stereocenters. The molecule has 3 aromatic carbocycles. The third-order valence-corrected chi connectivity index (χ3v) is 3.94. The van der Waals surface area contributed by atoms with Crippen molar-refractivity contribution in [2.24, 2.45) is 0 Å². The molecule has 0 N–H and O–H groups in total. The van der Waals surface area contributed by atoms with Crippen molar-refractivity contribution in [3.8, 4) is 0 Å². The van der Waals surface area contributed by atoms with Crippen molar-refractivity contribution in [2.75, 3.05) is 11.4 Å². The molecule has 3 heteroatoms. The van der Waals surface area contributed by atoms with Crippen LogP contribution in [0.2, 0.25) is 0 Å². The standard InChI is InChI=1S/C20H18FNO/c1-2-22(20(23)14-15-10-12-17(21)13-11-15)19-9-5-7-16-6-3-4-8-18(16)19/h3-13H,2,14H2,1H3. The first-order valence-electron chi connectivity index (χ1n) is 7.71. The molecule has 0 aliphatic carbocycles. The lowest BCUT2D eigenvalue weighted by molar-refractivity contribution is -0.117. The number of amides is 1. The van der Waals surface area contributed by atoms with E-state index in [4.69, 9.17) is 0 Å². The first-order valence-corrected chi connectivity index (χ1v) is 7.71. The smallest absolute Gasteiger partial charge is 0.231 e. The van der Waals surface area contributed by atoms with Gasteiger partial charge in [-0.05, 0) is 36.1 Å². The maximum atomic E-state index is 13.0. The molecule has 0 fully saturated rings. The van der Waals surface area contributed by atoms with Gasteiger partial charge in [0.05, 0.1) is 12.1 Å². The molecule has 23 heavy (non-hydrogen) atoms. The summed E-state index contributed by atoms with van der Waals surface area (Å²) in [6.45, 7) is 2.55. The highest BCUT2D eigenvalue weighted by molar-refractivity contribution is 6.04. The van der Waals surface area contributed by atoms with Gasteiger partial charge in [-0.1, -0.05) is 48.5 Å². The van der Waals surface area contributed by atoms with Crippen LogP contribution in [0.4, 0.5) is 10.1 Å². The summed E-state index contributed by atoms with van der Waals surface area (Å²) >= 11 is 0. The topological polar surface area (TPSA) is 20.3 Å². The summed E-state index contributed by atoms with van der Waals surface area (Å²) in [7, 11) is 0. The maximum Gasteiger partial charge on any atom is 0.231 e. The highest BCUT2D eigenvalue weighted by atomic mass is 19.1. The molecule has 0 radical (unpaired) electrons. The normalized spacial score (nSPS) is 10.7. The van der Waals surface area contributed by atoms with Gasteiger partial charge >= 0.3 is 0 Å². The van der Waals surface area contributed by atoms with Crippen molar-refractivity contribution in [3.63, 3.8) is 0 Å². The number of likely N-dealkylation sites (N-methyl/N-ethyl adjacent to an activating group) is 1. The summed E-state index contributed by atoms with van der Waals surface area (Å²) < 4.78 is 13.0. The van der Waals surface area contributed by atoms with E-state index in [1.54, 1.807) is 17.0 Å². The molecule has 3 rings (SSSR count). The van der Waals surface area contributed by atoms with Crippen LogP contribution >= 0.6 is 0 Å². The minimum Gasteiger partial charge on any atom is -0.312 e. The van der Waals surface area contributed by atoms with Gasteiger partial charge in [-0.2, -0.15) is 0 Å². The Kier molecular flexibility index (Phi) is 4.38. The largest absolute Gasteiger partial charge is 0.312 e. The molecule has 0 saturated heterocycles. The van der Waals surface area contributed by atoms with Crippen LogP contribution in [0.3, 0.4) is 0 Å². The van der Waals surface area contributed by atoms with Gasteiger partial charge in [0, 0.05) is 11.9 Å². The molecule has 2 nitrogen and oxygen atoms in total. The summed E-state index contributed by atoms with van der Waals surface area (Å²) in [5, 5.41) is 2.17. The number of carbonyl (C=O) groups excluding carboxylic acids is 1. The summed E-state index contributed by atoms with van der Waals surface area (Å²) in [4.78, 5) is 14.5. The van der Waals surface area contributed by atoms with Crippen molar-refractivity contribution >= 4 is 22.4 Å². The van der Waals surface area contributed by atoms with Gasteiger partial charge in [0.15, 0.2) is 0 Å². The predicted molar refractivity (Wildman–Crippen MR) is 92.1 cm³/mol. The van der Waals surface area contributed by atoms with Gasteiger partial charge in [-0.15, -0.1) is 0 Å². The van der Waals surface area contributed by atoms with Gasteiger partial charge in [0.25, 0.3) is 0 Å². The lowest BCUT2D eigenvalue weighted by Crippen LogP contribution is -2.32. The van der Waals surface area contributed by atoms with Crippen LogP contribution in [0, 0.1) is 5.82 Å². The van der Waals surface area contributed by atoms with Crippen molar-refractivity contribution in [1.29, 1.82) is 0 Å². The van der Waals surface area contributed by atoms with Crippen molar-refractivity contribution < 1.29 is 9.18 Å². The first kappa shape index (κ1) is 15.2. The fourth-order valence-corrected chi connectivity index (χ4v) is 2.80. The number of hydrogen-bond acceptors (Lipinski definition) is 1. The van der Waals surface area contributed by atoms with Gasteiger partial charge in [0.2, 0.25) is 5.91 Å². The lowest BCUT2D eigenvalue weighted by Gasteiger charge is -2.23. The van der Waals surface area contributed by atoms with E-state index in [9.17, 15) is 9.18 Å². The second kappa shape index (κ2) is 6.61. The number of benzene rings is 3. The Morgan fingerprint density at radius 1 is 0.957 bits per heavy atom. The van der Waals surface area contributed by atoms with E-state index in [-0.39, 0.29) is 18.1 Å². The Morgan fingerprint density at radius 2 is 1.65 bits per heavy atom. The average Bonchev–Trinajstić information content (AvgIpc) is 2.58. The second-order valence-corrected chi connectivity index (χ2v) is 5.44. The predicted octanol–water partition coefficient (Wildman–Crippen LogP) is 4.57. The van der Waals surface area contributed by atoms with Crippen LogP contribution in [0.5, 0.6) is 0 Å². The molecule has 0 saturated carbocycles.